The summed E-state index contributed by atoms with van der Waals surface area (Å²) in [4.78, 5) is 28.5. The third-order valence-corrected chi connectivity index (χ3v) is 5.74. The molecule has 0 aliphatic carbocycles. The molecule has 1 amide bonds. The Morgan fingerprint density at radius 3 is 2.75 bits per heavy atom. The third-order valence-electron chi connectivity index (χ3n) is 5.43. The first-order valence-corrected chi connectivity index (χ1v) is 10.6. The number of fused-ring (bicyclic) bond motifs is 1. The number of rotatable bonds is 6. The standard InChI is InChI=1S/C24H22ClN3O4/c1-14-6-7-16-12-18(24(25)26-19(16)10-14)21-13-20(15-4-3-5-17(11-15)32-2)27-28(21)22(29)8-9-23(30)31/h3-7,10-12,21H,8-9,13H2,1-2H3,(H,30,31). The number of nitrogens with zero attached hydrogens (tertiary/aromatic N) is 3. The van der Waals surface area contributed by atoms with E-state index in [1.165, 1.54) is 5.01 Å². The van der Waals surface area contributed by atoms with Crippen LogP contribution in [0.15, 0.2) is 53.6 Å². The predicted molar refractivity (Wildman–Crippen MR) is 122 cm³/mol. The molecule has 8 heteroatoms. The minimum atomic E-state index is -1.04. The van der Waals surface area contributed by atoms with Crippen LogP contribution in [0.5, 0.6) is 5.75 Å². The first-order valence-electron chi connectivity index (χ1n) is 10.2. The Labute approximate surface area is 190 Å². The number of hydrogen-bond donors (Lipinski definition) is 1. The fraction of sp³-hybridized carbons (Fsp3) is 0.250. The maximum absolute atomic E-state index is 12.9. The van der Waals surface area contributed by atoms with Gasteiger partial charge in [0.25, 0.3) is 0 Å². The molecule has 2 heterocycles. The summed E-state index contributed by atoms with van der Waals surface area (Å²) in [7, 11) is 1.59. The number of ether oxygens (including phenoxy) is 1. The quantitative estimate of drug-likeness (QED) is 0.546. The van der Waals surface area contributed by atoms with E-state index >= 15 is 0 Å². The number of hydrogen-bond acceptors (Lipinski definition) is 5. The molecule has 7 nitrogen and oxygen atoms in total. The van der Waals surface area contributed by atoms with Crippen LogP contribution in [0, 0.1) is 6.92 Å². The van der Waals surface area contributed by atoms with Crippen molar-refractivity contribution < 1.29 is 19.4 Å². The van der Waals surface area contributed by atoms with Crippen molar-refractivity contribution in [1.82, 2.24) is 9.99 Å². The minimum Gasteiger partial charge on any atom is -0.497 e. The molecule has 1 aliphatic rings. The third kappa shape index (κ3) is 4.43. The van der Waals surface area contributed by atoms with Crippen LogP contribution in [-0.4, -0.2) is 39.8 Å². The molecular formula is C24H22ClN3O4. The molecule has 3 aromatic rings. The highest BCUT2D eigenvalue weighted by Crippen LogP contribution is 2.38. The molecule has 1 atom stereocenters. The summed E-state index contributed by atoms with van der Waals surface area (Å²) in [6.07, 6.45) is -0.00165. The van der Waals surface area contributed by atoms with E-state index in [4.69, 9.17) is 21.4 Å². The second-order valence-electron chi connectivity index (χ2n) is 7.70. The molecule has 1 unspecified atom stereocenters. The zero-order chi connectivity index (χ0) is 22.8. The van der Waals surface area contributed by atoms with Gasteiger partial charge in [-0.05, 0) is 36.8 Å². The van der Waals surface area contributed by atoms with Crippen LogP contribution < -0.4 is 4.74 Å². The van der Waals surface area contributed by atoms with Gasteiger partial charge in [0, 0.05) is 29.4 Å². The molecule has 0 bridgehead atoms. The Morgan fingerprint density at radius 1 is 1.19 bits per heavy atom. The number of carboxylic acids is 1. The van der Waals surface area contributed by atoms with Crippen molar-refractivity contribution in [1.29, 1.82) is 0 Å². The van der Waals surface area contributed by atoms with Crippen LogP contribution in [0.25, 0.3) is 10.9 Å². The Balaban J connectivity index is 1.74. The predicted octanol–water partition coefficient (Wildman–Crippen LogP) is 4.75. The SMILES string of the molecule is COc1cccc(C2=NN(C(=O)CCC(=O)O)C(c3cc4ccc(C)cc4nc3Cl)C2)c1. The highest BCUT2D eigenvalue weighted by molar-refractivity contribution is 6.30. The van der Waals surface area contributed by atoms with Gasteiger partial charge in [0.15, 0.2) is 0 Å². The number of hydrazone groups is 1. The first kappa shape index (κ1) is 21.8. The number of carbonyl (C=O) groups excluding carboxylic acids is 1. The smallest absolute Gasteiger partial charge is 0.303 e. The molecular weight excluding hydrogens is 430 g/mol. The lowest BCUT2D eigenvalue weighted by Gasteiger charge is -2.23. The largest absolute Gasteiger partial charge is 0.497 e. The summed E-state index contributed by atoms with van der Waals surface area (Å²) < 4.78 is 5.31. The molecule has 4 rings (SSSR count). The van der Waals surface area contributed by atoms with Gasteiger partial charge in [-0.1, -0.05) is 35.9 Å². The van der Waals surface area contributed by atoms with Gasteiger partial charge in [0.05, 0.1) is 30.8 Å². The lowest BCUT2D eigenvalue weighted by atomic mass is 9.98. The van der Waals surface area contributed by atoms with Gasteiger partial charge in [-0.2, -0.15) is 5.10 Å². The van der Waals surface area contributed by atoms with Crippen molar-refractivity contribution in [2.24, 2.45) is 5.10 Å². The average Bonchev–Trinajstić information content (AvgIpc) is 3.22. The normalized spacial score (nSPS) is 15.7. The molecule has 1 N–H and O–H groups in total. The van der Waals surface area contributed by atoms with Crippen LogP contribution in [-0.2, 0) is 9.59 Å². The van der Waals surface area contributed by atoms with Crippen LogP contribution in [0.2, 0.25) is 5.15 Å². The van der Waals surface area contributed by atoms with Gasteiger partial charge >= 0.3 is 5.97 Å². The number of aryl methyl sites for hydroxylation is 1. The number of aliphatic carboxylic acids is 1. The molecule has 0 saturated heterocycles. The number of aromatic nitrogens is 1. The van der Waals surface area contributed by atoms with Crippen LogP contribution >= 0.6 is 11.6 Å². The van der Waals surface area contributed by atoms with Crippen LogP contribution in [0.3, 0.4) is 0 Å². The summed E-state index contributed by atoms with van der Waals surface area (Å²) in [6.45, 7) is 1.98. The topological polar surface area (TPSA) is 92.1 Å². The van der Waals surface area contributed by atoms with E-state index in [0.717, 1.165) is 22.0 Å². The number of amides is 1. The van der Waals surface area contributed by atoms with Crippen molar-refractivity contribution in [3.63, 3.8) is 0 Å². The van der Waals surface area contributed by atoms with E-state index in [2.05, 4.69) is 10.1 Å². The highest BCUT2D eigenvalue weighted by Gasteiger charge is 2.35. The molecule has 0 saturated carbocycles. The van der Waals surface area contributed by atoms with Crippen LogP contribution in [0.1, 0.15) is 42.0 Å². The molecule has 32 heavy (non-hydrogen) atoms. The van der Waals surface area contributed by atoms with Gasteiger partial charge < -0.3 is 9.84 Å². The van der Waals surface area contributed by atoms with E-state index in [0.29, 0.717) is 28.6 Å². The Morgan fingerprint density at radius 2 is 2.00 bits per heavy atom. The van der Waals surface area contributed by atoms with Crippen molar-refractivity contribution in [2.75, 3.05) is 7.11 Å². The number of carbonyl (C=O) groups is 2. The van der Waals surface area contributed by atoms with Crippen molar-refractivity contribution >= 4 is 40.1 Å². The lowest BCUT2D eigenvalue weighted by Crippen LogP contribution is -2.27. The van der Waals surface area contributed by atoms with E-state index in [9.17, 15) is 9.59 Å². The van der Waals surface area contributed by atoms with Crippen molar-refractivity contribution in [2.45, 2.75) is 32.2 Å². The average molecular weight is 452 g/mol. The fourth-order valence-electron chi connectivity index (χ4n) is 3.79. The number of pyridine rings is 1. The second-order valence-corrected chi connectivity index (χ2v) is 8.05. The Bertz CT molecular complexity index is 1240. The molecule has 0 spiro atoms. The number of halogens is 1. The van der Waals surface area contributed by atoms with Gasteiger partial charge in [-0.15, -0.1) is 0 Å². The van der Waals surface area contributed by atoms with E-state index in [1.54, 1.807) is 7.11 Å². The zero-order valence-electron chi connectivity index (χ0n) is 17.7. The summed E-state index contributed by atoms with van der Waals surface area (Å²) in [6, 6.07) is 14.8. The molecule has 164 valence electrons. The van der Waals surface area contributed by atoms with Gasteiger partial charge in [-0.3, -0.25) is 9.59 Å². The van der Waals surface area contributed by atoms with Crippen molar-refractivity contribution in [3.8, 4) is 5.75 Å². The highest BCUT2D eigenvalue weighted by atomic mass is 35.5. The fourth-order valence-corrected chi connectivity index (χ4v) is 4.06. The Kier molecular flexibility index (Phi) is 6.10. The monoisotopic (exact) mass is 451 g/mol. The van der Waals surface area contributed by atoms with Crippen molar-refractivity contribution in [3.05, 3.63) is 70.4 Å². The van der Waals surface area contributed by atoms with Gasteiger partial charge in [0.2, 0.25) is 5.91 Å². The summed E-state index contributed by atoms with van der Waals surface area (Å²) in [5.41, 5.74) is 4.03. The second kappa shape index (κ2) is 8.96. The van der Waals surface area contributed by atoms with E-state index in [1.807, 2.05) is 55.5 Å². The maximum Gasteiger partial charge on any atom is 0.303 e. The zero-order valence-corrected chi connectivity index (χ0v) is 18.5. The molecule has 0 fully saturated rings. The maximum atomic E-state index is 12.9. The summed E-state index contributed by atoms with van der Waals surface area (Å²) >= 11 is 6.56. The van der Waals surface area contributed by atoms with E-state index < -0.39 is 12.0 Å². The van der Waals surface area contributed by atoms with Gasteiger partial charge in [-0.25, -0.2) is 9.99 Å². The molecule has 2 aromatic carbocycles. The summed E-state index contributed by atoms with van der Waals surface area (Å²) in [5.74, 6) is -0.736. The molecule has 1 aliphatic heterocycles. The Hall–Kier alpha value is -3.45. The first-order chi connectivity index (χ1) is 15.4. The lowest BCUT2D eigenvalue weighted by molar-refractivity contribution is -0.141. The van der Waals surface area contributed by atoms with Gasteiger partial charge in [0.1, 0.15) is 10.9 Å². The van der Waals surface area contributed by atoms with Crippen LogP contribution in [0.4, 0.5) is 0 Å². The molecule has 1 aromatic heterocycles. The number of benzene rings is 2. The van der Waals surface area contributed by atoms with E-state index in [-0.39, 0.29) is 18.7 Å². The molecule has 0 radical (unpaired) electrons. The number of methoxy groups -OCH3 is 1. The minimum absolute atomic E-state index is 0.154. The number of carboxylic acid groups (broad SMARTS) is 1. The summed E-state index contributed by atoms with van der Waals surface area (Å²) in [5, 5.41) is 16.1.